The SMILES string of the molecule is Cc1ccc(C(C)I)s1. The lowest BCUT2D eigenvalue weighted by Crippen LogP contribution is -1.71. The minimum Gasteiger partial charge on any atom is -0.145 e. The van der Waals surface area contributed by atoms with E-state index >= 15 is 0 Å². The van der Waals surface area contributed by atoms with Crippen LogP contribution >= 0.6 is 33.9 Å². The number of rotatable bonds is 1. The van der Waals surface area contributed by atoms with E-state index in [0.717, 1.165) is 0 Å². The molecule has 1 rings (SSSR count). The zero-order valence-electron chi connectivity index (χ0n) is 5.52. The maximum Gasteiger partial charge on any atom is 0.0425 e. The molecular weight excluding hydrogens is 243 g/mol. The van der Waals surface area contributed by atoms with Crippen LogP contribution < -0.4 is 0 Å². The van der Waals surface area contributed by atoms with Crippen LogP contribution in [0.4, 0.5) is 0 Å². The normalized spacial score (nSPS) is 13.7. The molecule has 0 fully saturated rings. The van der Waals surface area contributed by atoms with Gasteiger partial charge in [0.15, 0.2) is 0 Å². The molecule has 0 aromatic carbocycles. The first-order valence-corrected chi connectivity index (χ1v) is 4.97. The van der Waals surface area contributed by atoms with Crippen molar-refractivity contribution in [1.82, 2.24) is 0 Å². The second-order valence-corrected chi connectivity index (χ2v) is 5.25. The van der Waals surface area contributed by atoms with Gasteiger partial charge in [0.05, 0.1) is 0 Å². The number of thiophene rings is 1. The summed E-state index contributed by atoms with van der Waals surface area (Å²) >= 11 is 4.32. The Morgan fingerprint density at radius 1 is 1.56 bits per heavy atom. The summed E-state index contributed by atoms with van der Waals surface area (Å²) in [4.78, 5) is 2.89. The smallest absolute Gasteiger partial charge is 0.0425 e. The van der Waals surface area contributed by atoms with Crippen LogP contribution in [0.3, 0.4) is 0 Å². The van der Waals surface area contributed by atoms with E-state index in [1.807, 2.05) is 11.3 Å². The van der Waals surface area contributed by atoms with Gasteiger partial charge in [0.25, 0.3) is 0 Å². The minimum absolute atomic E-state index is 0.668. The lowest BCUT2D eigenvalue weighted by Gasteiger charge is -1.94. The highest BCUT2D eigenvalue weighted by Gasteiger charge is 2.00. The highest BCUT2D eigenvalue weighted by atomic mass is 127. The van der Waals surface area contributed by atoms with Crippen LogP contribution in [0, 0.1) is 6.92 Å². The van der Waals surface area contributed by atoms with Crippen molar-refractivity contribution in [3.63, 3.8) is 0 Å². The molecule has 0 aliphatic rings. The van der Waals surface area contributed by atoms with Gasteiger partial charge in [-0.1, -0.05) is 22.6 Å². The number of halogens is 1. The zero-order valence-corrected chi connectivity index (χ0v) is 8.49. The predicted molar refractivity (Wildman–Crippen MR) is 51.5 cm³/mol. The summed E-state index contributed by atoms with van der Waals surface area (Å²) in [6.07, 6.45) is 0. The largest absolute Gasteiger partial charge is 0.145 e. The Balaban J connectivity index is 2.85. The Kier molecular flexibility index (Phi) is 2.52. The summed E-state index contributed by atoms with van der Waals surface area (Å²) in [5, 5.41) is 0. The maximum absolute atomic E-state index is 2.43. The third-order valence-electron chi connectivity index (χ3n) is 1.15. The van der Waals surface area contributed by atoms with E-state index < -0.39 is 0 Å². The average molecular weight is 252 g/mol. The molecule has 0 radical (unpaired) electrons. The molecular formula is C7H9IS. The highest BCUT2D eigenvalue weighted by molar-refractivity contribution is 14.1. The Labute approximate surface area is 73.4 Å². The standard InChI is InChI=1S/C7H9IS/c1-5-3-4-7(9-5)6(2)8/h3-4,6H,1-2H3. The lowest BCUT2D eigenvalue weighted by atomic mass is 10.4. The summed E-state index contributed by atoms with van der Waals surface area (Å²) in [5.41, 5.74) is 0. The quantitative estimate of drug-likeness (QED) is 0.529. The third kappa shape index (κ3) is 1.93. The first-order chi connectivity index (χ1) is 4.20. The molecule has 50 valence electrons. The topological polar surface area (TPSA) is 0 Å². The van der Waals surface area contributed by atoms with Crippen molar-refractivity contribution in [2.45, 2.75) is 17.8 Å². The molecule has 0 saturated carbocycles. The van der Waals surface area contributed by atoms with E-state index in [9.17, 15) is 0 Å². The van der Waals surface area contributed by atoms with Crippen molar-refractivity contribution in [3.8, 4) is 0 Å². The zero-order chi connectivity index (χ0) is 6.85. The van der Waals surface area contributed by atoms with Crippen LogP contribution in [-0.4, -0.2) is 0 Å². The Morgan fingerprint density at radius 2 is 2.22 bits per heavy atom. The van der Waals surface area contributed by atoms with Gasteiger partial charge in [-0.2, -0.15) is 0 Å². The van der Waals surface area contributed by atoms with Gasteiger partial charge in [0, 0.05) is 13.7 Å². The lowest BCUT2D eigenvalue weighted by molar-refractivity contribution is 1.19. The first-order valence-electron chi connectivity index (χ1n) is 2.90. The van der Waals surface area contributed by atoms with E-state index in [-0.39, 0.29) is 0 Å². The maximum atomic E-state index is 2.43. The van der Waals surface area contributed by atoms with Gasteiger partial charge in [-0.25, -0.2) is 0 Å². The van der Waals surface area contributed by atoms with Crippen molar-refractivity contribution >= 4 is 33.9 Å². The number of alkyl halides is 1. The van der Waals surface area contributed by atoms with Crippen molar-refractivity contribution in [2.24, 2.45) is 0 Å². The van der Waals surface area contributed by atoms with Gasteiger partial charge in [-0.3, -0.25) is 0 Å². The van der Waals surface area contributed by atoms with Crippen LogP contribution in [0.1, 0.15) is 20.6 Å². The molecule has 0 bridgehead atoms. The van der Waals surface area contributed by atoms with Gasteiger partial charge in [-0.05, 0) is 26.0 Å². The second kappa shape index (κ2) is 3.01. The summed E-state index contributed by atoms with van der Waals surface area (Å²) in [5.74, 6) is 0. The van der Waals surface area contributed by atoms with Crippen LogP contribution in [0.5, 0.6) is 0 Å². The highest BCUT2D eigenvalue weighted by Crippen LogP contribution is 2.28. The first kappa shape index (κ1) is 7.54. The van der Waals surface area contributed by atoms with Gasteiger partial charge >= 0.3 is 0 Å². The van der Waals surface area contributed by atoms with E-state index in [1.165, 1.54) is 9.75 Å². The fourth-order valence-corrected chi connectivity index (χ4v) is 2.06. The molecule has 1 aromatic heterocycles. The summed E-state index contributed by atoms with van der Waals surface area (Å²) < 4.78 is 0.668. The van der Waals surface area contributed by atoms with Gasteiger partial charge in [0.1, 0.15) is 0 Å². The van der Waals surface area contributed by atoms with E-state index in [4.69, 9.17) is 0 Å². The van der Waals surface area contributed by atoms with Gasteiger partial charge in [0.2, 0.25) is 0 Å². The molecule has 1 unspecified atom stereocenters. The van der Waals surface area contributed by atoms with Crippen LogP contribution in [0.15, 0.2) is 12.1 Å². The molecule has 0 N–H and O–H groups in total. The monoisotopic (exact) mass is 252 g/mol. The molecule has 2 heteroatoms. The predicted octanol–water partition coefficient (Wildman–Crippen LogP) is 3.55. The van der Waals surface area contributed by atoms with Crippen molar-refractivity contribution < 1.29 is 0 Å². The van der Waals surface area contributed by atoms with E-state index in [2.05, 4.69) is 48.6 Å². The molecule has 1 heterocycles. The molecule has 0 saturated heterocycles. The number of hydrogen-bond acceptors (Lipinski definition) is 1. The molecule has 0 aliphatic carbocycles. The average Bonchev–Trinajstić information content (AvgIpc) is 2.14. The molecule has 1 aromatic rings. The Morgan fingerprint density at radius 3 is 2.44 bits per heavy atom. The molecule has 1 atom stereocenters. The number of hydrogen-bond donors (Lipinski definition) is 0. The molecule has 0 nitrogen and oxygen atoms in total. The molecule has 0 spiro atoms. The molecule has 0 amide bonds. The van der Waals surface area contributed by atoms with Gasteiger partial charge in [-0.15, -0.1) is 11.3 Å². The second-order valence-electron chi connectivity index (χ2n) is 2.06. The summed E-state index contributed by atoms with van der Waals surface area (Å²) in [6, 6.07) is 4.38. The Bertz CT molecular complexity index is 191. The molecule has 0 aliphatic heterocycles. The fraction of sp³-hybridized carbons (Fsp3) is 0.429. The summed E-state index contributed by atoms with van der Waals surface area (Å²) in [6.45, 7) is 4.36. The molecule has 9 heavy (non-hydrogen) atoms. The van der Waals surface area contributed by atoms with E-state index in [1.54, 1.807) is 0 Å². The van der Waals surface area contributed by atoms with Crippen molar-refractivity contribution in [3.05, 3.63) is 21.9 Å². The van der Waals surface area contributed by atoms with Gasteiger partial charge < -0.3 is 0 Å². The van der Waals surface area contributed by atoms with Crippen LogP contribution in [-0.2, 0) is 0 Å². The summed E-state index contributed by atoms with van der Waals surface area (Å²) in [7, 11) is 0. The van der Waals surface area contributed by atoms with Crippen LogP contribution in [0.25, 0.3) is 0 Å². The fourth-order valence-electron chi connectivity index (χ4n) is 0.667. The van der Waals surface area contributed by atoms with Crippen LogP contribution in [0.2, 0.25) is 0 Å². The van der Waals surface area contributed by atoms with Crippen molar-refractivity contribution in [2.75, 3.05) is 0 Å². The number of aryl methyl sites for hydroxylation is 1. The van der Waals surface area contributed by atoms with E-state index in [0.29, 0.717) is 3.92 Å². The minimum atomic E-state index is 0.668. The van der Waals surface area contributed by atoms with Crippen molar-refractivity contribution in [1.29, 1.82) is 0 Å². The third-order valence-corrected chi connectivity index (χ3v) is 3.43. The Hall–Kier alpha value is 0.430.